The third-order valence-electron chi connectivity index (χ3n) is 3.35. The minimum Gasteiger partial charge on any atom is -0.378 e. The molecule has 108 valence electrons. The molecule has 1 fully saturated rings. The molecule has 1 aromatic rings. The Balaban J connectivity index is 1.81. The Morgan fingerprint density at radius 2 is 1.90 bits per heavy atom. The standard InChI is InChI=1S/C15H20N2O3/c1-12(13-5-3-2-4-6-13)16-14(18)11-15(19)17-7-9-20-10-8-17/h2-6,12H,7-11H2,1H3,(H,16,18). The second kappa shape index (κ2) is 7.05. The number of nitrogens with one attached hydrogen (secondary N) is 1. The Labute approximate surface area is 118 Å². The van der Waals surface area contributed by atoms with Gasteiger partial charge >= 0.3 is 0 Å². The number of hydrogen-bond donors (Lipinski definition) is 1. The van der Waals surface area contributed by atoms with Gasteiger partial charge in [-0.2, -0.15) is 0 Å². The van der Waals surface area contributed by atoms with Gasteiger partial charge in [-0.15, -0.1) is 0 Å². The quantitative estimate of drug-likeness (QED) is 0.838. The lowest BCUT2D eigenvalue weighted by atomic mass is 10.1. The first-order valence-electron chi connectivity index (χ1n) is 6.86. The molecule has 1 heterocycles. The number of carbonyl (C=O) groups excluding carboxylic acids is 2. The third kappa shape index (κ3) is 4.06. The predicted octanol–water partition coefficient (Wildman–Crippen LogP) is 1.11. The fourth-order valence-corrected chi connectivity index (χ4v) is 2.18. The van der Waals surface area contributed by atoms with Crippen molar-refractivity contribution in [3.8, 4) is 0 Å². The van der Waals surface area contributed by atoms with Gasteiger partial charge in [-0.25, -0.2) is 0 Å². The van der Waals surface area contributed by atoms with Crippen LogP contribution in [-0.4, -0.2) is 43.0 Å². The second-order valence-electron chi connectivity index (χ2n) is 4.87. The maximum Gasteiger partial charge on any atom is 0.232 e. The highest BCUT2D eigenvalue weighted by Gasteiger charge is 2.20. The number of rotatable bonds is 4. The maximum atomic E-state index is 11.9. The van der Waals surface area contributed by atoms with Crippen LogP contribution in [0.5, 0.6) is 0 Å². The van der Waals surface area contributed by atoms with Crippen molar-refractivity contribution in [3.05, 3.63) is 35.9 Å². The molecule has 1 unspecified atom stereocenters. The average molecular weight is 276 g/mol. The average Bonchev–Trinajstić information content (AvgIpc) is 2.49. The second-order valence-corrected chi connectivity index (χ2v) is 4.87. The molecule has 0 spiro atoms. The van der Waals surface area contributed by atoms with E-state index >= 15 is 0 Å². The monoisotopic (exact) mass is 276 g/mol. The van der Waals surface area contributed by atoms with E-state index in [4.69, 9.17) is 4.74 Å². The first kappa shape index (κ1) is 14.5. The molecule has 1 aliphatic heterocycles. The first-order chi connectivity index (χ1) is 9.66. The van der Waals surface area contributed by atoms with Gasteiger partial charge in [-0.3, -0.25) is 9.59 Å². The highest BCUT2D eigenvalue weighted by Crippen LogP contribution is 2.11. The molecular weight excluding hydrogens is 256 g/mol. The van der Waals surface area contributed by atoms with Gasteiger partial charge in [0.05, 0.1) is 19.3 Å². The summed E-state index contributed by atoms with van der Waals surface area (Å²) in [4.78, 5) is 25.5. The van der Waals surface area contributed by atoms with Crippen molar-refractivity contribution in [1.82, 2.24) is 10.2 Å². The summed E-state index contributed by atoms with van der Waals surface area (Å²) < 4.78 is 5.18. The van der Waals surface area contributed by atoms with E-state index in [9.17, 15) is 9.59 Å². The minimum absolute atomic E-state index is 0.0961. The first-order valence-corrected chi connectivity index (χ1v) is 6.86. The van der Waals surface area contributed by atoms with E-state index in [1.165, 1.54) is 0 Å². The molecule has 0 radical (unpaired) electrons. The SMILES string of the molecule is CC(NC(=O)CC(=O)N1CCOCC1)c1ccccc1. The molecule has 2 rings (SSSR count). The van der Waals surface area contributed by atoms with E-state index < -0.39 is 0 Å². The van der Waals surface area contributed by atoms with E-state index in [1.807, 2.05) is 37.3 Å². The van der Waals surface area contributed by atoms with Crippen LogP contribution in [0, 0.1) is 0 Å². The molecule has 0 aliphatic carbocycles. The van der Waals surface area contributed by atoms with Gasteiger partial charge in [0.25, 0.3) is 0 Å². The Hall–Kier alpha value is -1.88. The molecule has 0 saturated carbocycles. The van der Waals surface area contributed by atoms with Crippen molar-refractivity contribution in [3.63, 3.8) is 0 Å². The lowest BCUT2D eigenvalue weighted by Crippen LogP contribution is -2.42. The van der Waals surface area contributed by atoms with Crippen molar-refractivity contribution in [2.24, 2.45) is 0 Å². The maximum absolute atomic E-state index is 11.9. The summed E-state index contributed by atoms with van der Waals surface area (Å²) in [6.07, 6.45) is -0.100. The largest absolute Gasteiger partial charge is 0.378 e. The number of morpholine rings is 1. The van der Waals surface area contributed by atoms with E-state index in [2.05, 4.69) is 5.32 Å². The lowest BCUT2D eigenvalue weighted by Gasteiger charge is -2.26. The molecule has 20 heavy (non-hydrogen) atoms. The van der Waals surface area contributed by atoms with E-state index in [-0.39, 0.29) is 24.3 Å². The molecule has 1 saturated heterocycles. The third-order valence-corrected chi connectivity index (χ3v) is 3.35. The van der Waals surface area contributed by atoms with Crippen LogP contribution in [0.25, 0.3) is 0 Å². The molecule has 1 N–H and O–H groups in total. The van der Waals surface area contributed by atoms with E-state index in [0.717, 1.165) is 5.56 Å². The smallest absolute Gasteiger partial charge is 0.232 e. The molecular formula is C15H20N2O3. The summed E-state index contributed by atoms with van der Waals surface area (Å²) in [5.74, 6) is -0.371. The van der Waals surface area contributed by atoms with Crippen molar-refractivity contribution >= 4 is 11.8 Å². The molecule has 1 atom stereocenters. The van der Waals surface area contributed by atoms with Crippen molar-refractivity contribution in [2.45, 2.75) is 19.4 Å². The molecule has 1 aliphatic rings. The highest BCUT2D eigenvalue weighted by molar-refractivity contribution is 5.97. The number of carbonyl (C=O) groups is 2. The van der Waals surface area contributed by atoms with Crippen LogP contribution < -0.4 is 5.32 Å². The van der Waals surface area contributed by atoms with Crippen molar-refractivity contribution in [2.75, 3.05) is 26.3 Å². The summed E-state index contributed by atoms with van der Waals surface area (Å²) in [5.41, 5.74) is 1.03. The summed E-state index contributed by atoms with van der Waals surface area (Å²) in [6, 6.07) is 9.60. The van der Waals surface area contributed by atoms with Gasteiger partial charge in [-0.05, 0) is 12.5 Å². The zero-order chi connectivity index (χ0) is 14.4. The Kier molecular flexibility index (Phi) is 5.12. The van der Waals surface area contributed by atoms with Gasteiger partial charge in [0, 0.05) is 13.1 Å². The van der Waals surface area contributed by atoms with Gasteiger partial charge in [-0.1, -0.05) is 30.3 Å². The molecule has 1 aromatic carbocycles. The lowest BCUT2D eigenvalue weighted by molar-refractivity contribution is -0.139. The van der Waals surface area contributed by atoms with E-state index in [0.29, 0.717) is 26.3 Å². The topological polar surface area (TPSA) is 58.6 Å². The van der Waals surface area contributed by atoms with Gasteiger partial charge in [0.15, 0.2) is 0 Å². The zero-order valence-corrected chi connectivity index (χ0v) is 11.7. The Bertz CT molecular complexity index is 455. The van der Waals surface area contributed by atoms with Crippen LogP contribution in [0.15, 0.2) is 30.3 Å². The highest BCUT2D eigenvalue weighted by atomic mass is 16.5. The van der Waals surface area contributed by atoms with Gasteiger partial charge in [0.1, 0.15) is 6.42 Å². The predicted molar refractivity (Wildman–Crippen MR) is 75.0 cm³/mol. The Morgan fingerprint density at radius 3 is 2.55 bits per heavy atom. The Morgan fingerprint density at radius 1 is 1.25 bits per heavy atom. The van der Waals surface area contributed by atoms with Crippen LogP contribution in [0.1, 0.15) is 24.9 Å². The number of benzene rings is 1. The minimum atomic E-state index is -0.238. The summed E-state index contributed by atoms with van der Waals surface area (Å²) in [6.45, 7) is 4.15. The number of ether oxygens (including phenoxy) is 1. The number of hydrogen-bond acceptors (Lipinski definition) is 3. The fraction of sp³-hybridized carbons (Fsp3) is 0.467. The molecule has 0 bridgehead atoms. The van der Waals surface area contributed by atoms with Crippen LogP contribution in [-0.2, 0) is 14.3 Å². The van der Waals surface area contributed by atoms with Crippen molar-refractivity contribution < 1.29 is 14.3 Å². The zero-order valence-electron chi connectivity index (χ0n) is 11.7. The fourth-order valence-electron chi connectivity index (χ4n) is 2.18. The summed E-state index contributed by atoms with van der Waals surface area (Å²) >= 11 is 0. The van der Waals surface area contributed by atoms with Crippen LogP contribution in [0.3, 0.4) is 0 Å². The number of amides is 2. The van der Waals surface area contributed by atoms with Crippen LogP contribution in [0.2, 0.25) is 0 Å². The van der Waals surface area contributed by atoms with Crippen LogP contribution in [0.4, 0.5) is 0 Å². The number of nitrogens with zero attached hydrogens (tertiary/aromatic N) is 1. The van der Waals surface area contributed by atoms with Crippen molar-refractivity contribution in [1.29, 1.82) is 0 Å². The molecule has 2 amide bonds. The molecule has 5 nitrogen and oxygen atoms in total. The summed E-state index contributed by atoms with van der Waals surface area (Å²) in [5, 5.41) is 2.85. The normalized spacial score (nSPS) is 16.6. The van der Waals surface area contributed by atoms with E-state index in [1.54, 1.807) is 4.90 Å². The van der Waals surface area contributed by atoms with Gasteiger partial charge < -0.3 is 15.0 Å². The molecule has 0 aromatic heterocycles. The van der Waals surface area contributed by atoms with Crippen LogP contribution >= 0.6 is 0 Å². The van der Waals surface area contributed by atoms with Gasteiger partial charge in [0.2, 0.25) is 11.8 Å². The molecule has 5 heteroatoms. The summed E-state index contributed by atoms with van der Waals surface area (Å²) in [7, 11) is 0.